The van der Waals surface area contributed by atoms with Gasteiger partial charge in [0.05, 0.1) is 12.6 Å². The van der Waals surface area contributed by atoms with E-state index in [0.717, 1.165) is 23.0 Å². The monoisotopic (exact) mass is 341 g/mol. The highest BCUT2D eigenvalue weighted by Gasteiger charge is 2.26. The van der Waals surface area contributed by atoms with Gasteiger partial charge in [0.15, 0.2) is 0 Å². The van der Waals surface area contributed by atoms with Crippen molar-refractivity contribution in [1.29, 1.82) is 0 Å². The van der Waals surface area contributed by atoms with Gasteiger partial charge in [-0.1, -0.05) is 41.9 Å². The van der Waals surface area contributed by atoms with E-state index in [-0.39, 0.29) is 18.0 Å². The number of carbonyl (C=O) groups excluding carboxylic acids is 1. The van der Waals surface area contributed by atoms with E-state index in [1.165, 1.54) is 0 Å². The van der Waals surface area contributed by atoms with Gasteiger partial charge in [-0.05, 0) is 30.7 Å². The van der Waals surface area contributed by atoms with Gasteiger partial charge in [-0.3, -0.25) is 9.69 Å². The summed E-state index contributed by atoms with van der Waals surface area (Å²) < 4.78 is 1.04. The number of carbonyl (C=O) groups is 1. The van der Waals surface area contributed by atoms with E-state index >= 15 is 0 Å². The molecule has 1 rings (SSSR count). The summed E-state index contributed by atoms with van der Waals surface area (Å²) in [6.07, 6.45) is 0.866. The molecule has 20 heavy (non-hydrogen) atoms. The number of halogens is 1. The first-order valence-electron chi connectivity index (χ1n) is 6.99. The van der Waals surface area contributed by atoms with E-state index in [9.17, 15) is 4.79 Å². The molecule has 0 radical (unpaired) electrons. The van der Waals surface area contributed by atoms with Crippen molar-refractivity contribution < 1.29 is 4.79 Å². The molecule has 3 N–H and O–H groups in total. The lowest BCUT2D eigenvalue weighted by atomic mass is 9.96. The van der Waals surface area contributed by atoms with Crippen molar-refractivity contribution in [3.05, 3.63) is 34.3 Å². The summed E-state index contributed by atoms with van der Waals surface area (Å²) in [4.78, 5) is 13.8. The molecule has 0 aliphatic carbocycles. The van der Waals surface area contributed by atoms with E-state index in [4.69, 9.17) is 5.73 Å². The van der Waals surface area contributed by atoms with Crippen LogP contribution in [0.15, 0.2) is 28.7 Å². The first-order chi connectivity index (χ1) is 9.53. The molecule has 0 heterocycles. The molecular weight excluding hydrogens is 318 g/mol. The molecule has 0 saturated heterocycles. The minimum Gasteiger partial charge on any atom is -0.358 e. The molecule has 0 aromatic heterocycles. The number of hydrogen-bond acceptors (Lipinski definition) is 3. The quantitative estimate of drug-likeness (QED) is 0.799. The Labute approximate surface area is 129 Å². The lowest BCUT2D eigenvalue weighted by Gasteiger charge is -2.34. The number of nitrogens with one attached hydrogen (secondary N) is 1. The van der Waals surface area contributed by atoms with E-state index in [0.29, 0.717) is 6.54 Å². The zero-order chi connectivity index (χ0) is 15.1. The minimum atomic E-state index is 0.000724. The van der Waals surface area contributed by atoms with Gasteiger partial charge in [-0.25, -0.2) is 0 Å². The molecule has 0 aliphatic heterocycles. The molecule has 1 aromatic carbocycles. The Hall–Kier alpha value is -0.910. The van der Waals surface area contributed by atoms with Gasteiger partial charge < -0.3 is 11.1 Å². The van der Waals surface area contributed by atoms with Crippen molar-refractivity contribution >= 4 is 21.8 Å². The average molecular weight is 342 g/mol. The molecule has 5 heteroatoms. The number of rotatable bonds is 7. The summed E-state index contributed by atoms with van der Waals surface area (Å²) in [5.41, 5.74) is 7.44. The second-order valence-electron chi connectivity index (χ2n) is 4.80. The molecule has 2 unspecified atom stereocenters. The maximum Gasteiger partial charge on any atom is 0.233 e. The number of nitrogens with two attached hydrogens (primary N) is 1. The van der Waals surface area contributed by atoms with Crippen molar-refractivity contribution in [3.63, 3.8) is 0 Å². The van der Waals surface area contributed by atoms with Gasteiger partial charge in [0.2, 0.25) is 5.91 Å². The van der Waals surface area contributed by atoms with Gasteiger partial charge in [-0.15, -0.1) is 0 Å². The largest absolute Gasteiger partial charge is 0.358 e. The molecule has 2 atom stereocenters. The third-order valence-corrected chi connectivity index (χ3v) is 4.04. The molecule has 0 aliphatic rings. The fourth-order valence-corrected chi connectivity index (χ4v) is 2.55. The molecule has 0 spiro atoms. The van der Waals surface area contributed by atoms with E-state index in [2.05, 4.69) is 52.1 Å². The topological polar surface area (TPSA) is 58.4 Å². The molecular formula is C15H24BrN3O. The van der Waals surface area contributed by atoms with Crippen LogP contribution in [0.25, 0.3) is 0 Å². The van der Waals surface area contributed by atoms with Crippen LogP contribution in [0, 0.1) is 0 Å². The highest BCUT2D eigenvalue weighted by molar-refractivity contribution is 9.10. The Morgan fingerprint density at radius 2 is 1.95 bits per heavy atom. The summed E-state index contributed by atoms with van der Waals surface area (Å²) >= 11 is 3.45. The van der Waals surface area contributed by atoms with Crippen LogP contribution in [0.2, 0.25) is 0 Å². The minimum absolute atomic E-state index is 0.000724. The molecule has 112 valence electrons. The van der Waals surface area contributed by atoms with Crippen LogP contribution in [0.3, 0.4) is 0 Å². The predicted molar refractivity (Wildman–Crippen MR) is 86.5 cm³/mol. The first kappa shape index (κ1) is 17.1. The van der Waals surface area contributed by atoms with Crippen LogP contribution in [0.4, 0.5) is 0 Å². The summed E-state index contributed by atoms with van der Waals surface area (Å²) in [7, 11) is 1.66. The second kappa shape index (κ2) is 8.39. The molecule has 0 bridgehead atoms. The molecule has 4 nitrogen and oxygen atoms in total. The van der Waals surface area contributed by atoms with Crippen LogP contribution in [-0.4, -0.2) is 37.0 Å². The number of amides is 1. The normalized spacial score (nSPS) is 14.1. The highest BCUT2D eigenvalue weighted by atomic mass is 79.9. The summed E-state index contributed by atoms with van der Waals surface area (Å²) in [5, 5.41) is 2.67. The molecule has 1 aromatic rings. The number of likely N-dealkylation sites (N-methyl/N-ethyl adjacent to an activating group) is 2. The van der Waals surface area contributed by atoms with Crippen molar-refractivity contribution in [2.45, 2.75) is 32.4 Å². The van der Waals surface area contributed by atoms with Crippen LogP contribution in [0.5, 0.6) is 0 Å². The standard InChI is InChI=1S/C15H24BrN3O/c1-4-13(17)15(11-6-8-12(16)9-7-11)19(5-2)10-14(20)18-3/h6-9,13,15H,4-5,10,17H2,1-3H3,(H,18,20). The Morgan fingerprint density at radius 1 is 1.35 bits per heavy atom. The molecule has 0 saturated carbocycles. The average Bonchev–Trinajstić information content (AvgIpc) is 2.47. The Balaban J connectivity index is 3.03. The fraction of sp³-hybridized carbons (Fsp3) is 0.533. The first-order valence-corrected chi connectivity index (χ1v) is 7.78. The Bertz CT molecular complexity index is 422. The van der Waals surface area contributed by atoms with Crippen LogP contribution in [-0.2, 0) is 4.79 Å². The van der Waals surface area contributed by atoms with Crippen molar-refractivity contribution in [1.82, 2.24) is 10.2 Å². The zero-order valence-electron chi connectivity index (χ0n) is 12.4. The summed E-state index contributed by atoms with van der Waals surface area (Å²) in [6, 6.07) is 8.21. The Kier molecular flexibility index (Phi) is 7.19. The zero-order valence-corrected chi connectivity index (χ0v) is 14.0. The Morgan fingerprint density at radius 3 is 2.40 bits per heavy atom. The highest BCUT2D eigenvalue weighted by Crippen LogP contribution is 2.26. The lowest BCUT2D eigenvalue weighted by molar-refractivity contribution is -0.122. The van der Waals surface area contributed by atoms with Gasteiger partial charge in [0, 0.05) is 17.6 Å². The third-order valence-electron chi connectivity index (χ3n) is 3.51. The maximum absolute atomic E-state index is 11.7. The van der Waals surface area contributed by atoms with Crippen molar-refractivity contribution in [2.75, 3.05) is 20.1 Å². The maximum atomic E-state index is 11.7. The summed E-state index contributed by atoms with van der Waals surface area (Å²) in [5.74, 6) is 0.0114. The van der Waals surface area contributed by atoms with Gasteiger partial charge in [0.1, 0.15) is 0 Å². The second-order valence-corrected chi connectivity index (χ2v) is 5.72. The van der Waals surface area contributed by atoms with Gasteiger partial charge >= 0.3 is 0 Å². The van der Waals surface area contributed by atoms with Gasteiger partial charge in [-0.2, -0.15) is 0 Å². The van der Waals surface area contributed by atoms with Crippen molar-refractivity contribution in [3.8, 4) is 0 Å². The lowest BCUT2D eigenvalue weighted by Crippen LogP contribution is -2.45. The summed E-state index contributed by atoms with van der Waals surface area (Å²) in [6.45, 7) is 5.27. The molecule has 1 amide bonds. The predicted octanol–water partition coefficient (Wildman–Crippen LogP) is 2.30. The van der Waals surface area contributed by atoms with Gasteiger partial charge in [0.25, 0.3) is 0 Å². The fourth-order valence-electron chi connectivity index (χ4n) is 2.28. The van der Waals surface area contributed by atoms with E-state index in [1.807, 2.05) is 12.1 Å². The van der Waals surface area contributed by atoms with Crippen LogP contribution in [0.1, 0.15) is 31.9 Å². The van der Waals surface area contributed by atoms with Crippen molar-refractivity contribution in [2.24, 2.45) is 5.73 Å². The molecule has 0 fully saturated rings. The van der Waals surface area contributed by atoms with Crippen LogP contribution >= 0.6 is 15.9 Å². The van der Waals surface area contributed by atoms with E-state index in [1.54, 1.807) is 7.05 Å². The smallest absolute Gasteiger partial charge is 0.233 e. The number of nitrogens with zero attached hydrogens (tertiary/aromatic N) is 1. The van der Waals surface area contributed by atoms with Crippen LogP contribution < -0.4 is 11.1 Å². The number of benzene rings is 1. The third kappa shape index (κ3) is 4.58. The number of hydrogen-bond donors (Lipinski definition) is 2. The SMILES string of the molecule is CCC(N)C(c1ccc(Br)cc1)N(CC)CC(=O)NC. The van der Waals surface area contributed by atoms with E-state index < -0.39 is 0 Å².